The van der Waals surface area contributed by atoms with Crippen LogP contribution in [-0.2, 0) is 11.2 Å². The van der Waals surface area contributed by atoms with E-state index >= 15 is 0 Å². The molecule has 0 radical (unpaired) electrons. The minimum Gasteiger partial charge on any atom is -0.497 e. The van der Waals surface area contributed by atoms with Crippen LogP contribution in [0.5, 0.6) is 11.5 Å². The van der Waals surface area contributed by atoms with Gasteiger partial charge in [0.2, 0.25) is 0 Å². The van der Waals surface area contributed by atoms with Gasteiger partial charge in [-0.2, -0.15) is 15.0 Å². The molecule has 0 spiro atoms. The molecule has 1 N–H and O–H groups in total. The van der Waals surface area contributed by atoms with E-state index < -0.39 is 12.0 Å². The first-order valence-electron chi connectivity index (χ1n) is 16.2. The zero-order valence-electron chi connectivity index (χ0n) is 29.0. The molecule has 6 aromatic rings. The van der Waals surface area contributed by atoms with Crippen molar-refractivity contribution >= 4 is 23.2 Å². The van der Waals surface area contributed by atoms with Gasteiger partial charge in [0, 0.05) is 24.5 Å². The molecule has 0 amide bonds. The zero-order chi connectivity index (χ0) is 37.0. The van der Waals surface area contributed by atoms with Gasteiger partial charge in [0.1, 0.15) is 23.0 Å². The van der Waals surface area contributed by atoms with Crippen LogP contribution in [0.1, 0.15) is 45.1 Å². The number of carboxylic acids is 1. The molecule has 2 heterocycles. The predicted molar refractivity (Wildman–Crippen MR) is 192 cm³/mol. The van der Waals surface area contributed by atoms with Crippen molar-refractivity contribution in [1.29, 1.82) is 0 Å². The number of carbonyl (C=O) groups excluding carboxylic acids is 2. The number of rotatable bonds is 13. The van der Waals surface area contributed by atoms with Crippen molar-refractivity contribution in [3.8, 4) is 28.4 Å². The van der Waals surface area contributed by atoms with Gasteiger partial charge in [0.15, 0.2) is 29.2 Å². The minimum absolute atomic E-state index is 0.107. The van der Waals surface area contributed by atoms with Crippen LogP contribution in [0.3, 0.4) is 0 Å². The maximum absolute atomic E-state index is 12.4. The van der Waals surface area contributed by atoms with Crippen LogP contribution in [0.4, 0.5) is 5.69 Å². The maximum Gasteiger partial charge on any atom is 0.358 e. The summed E-state index contributed by atoms with van der Waals surface area (Å²) < 4.78 is 16.2. The molecule has 13 heteroatoms. The molecule has 0 saturated heterocycles. The van der Waals surface area contributed by atoms with Gasteiger partial charge in [0.25, 0.3) is 0 Å². The minimum atomic E-state index is -1.13. The van der Waals surface area contributed by atoms with Crippen molar-refractivity contribution in [1.82, 2.24) is 20.0 Å². The van der Waals surface area contributed by atoms with E-state index in [0.717, 1.165) is 11.5 Å². The first-order valence-corrected chi connectivity index (χ1v) is 16.2. The van der Waals surface area contributed by atoms with E-state index in [1.54, 1.807) is 67.8 Å². The van der Waals surface area contributed by atoms with E-state index in [0.29, 0.717) is 58.6 Å². The molecule has 2 aromatic heterocycles. The van der Waals surface area contributed by atoms with Gasteiger partial charge in [-0.05, 0) is 86.6 Å². The van der Waals surface area contributed by atoms with Crippen molar-refractivity contribution in [2.45, 2.75) is 33.2 Å². The van der Waals surface area contributed by atoms with Crippen molar-refractivity contribution in [2.75, 3.05) is 13.7 Å². The summed E-state index contributed by atoms with van der Waals surface area (Å²) in [5.41, 5.74) is 3.39. The van der Waals surface area contributed by atoms with Crippen LogP contribution in [0.15, 0.2) is 124 Å². The second-order valence-electron chi connectivity index (χ2n) is 11.3. The highest BCUT2D eigenvalue weighted by atomic mass is 16.5. The summed E-state index contributed by atoms with van der Waals surface area (Å²) in [6.07, 6.45) is 0.638. The highest BCUT2D eigenvalue weighted by Gasteiger charge is 2.24. The van der Waals surface area contributed by atoms with E-state index in [2.05, 4.69) is 25.4 Å². The second kappa shape index (κ2) is 17.3. The number of ether oxygens (including phenoxy) is 2. The summed E-state index contributed by atoms with van der Waals surface area (Å²) in [5, 5.41) is 25.9. The summed E-state index contributed by atoms with van der Waals surface area (Å²) in [4.78, 5) is 41.4. The summed E-state index contributed by atoms with van der Waals surface area (Å²) in [5.74, 6) is 0.894. The molecule has 6 rings (SSSR count). The fourth-order valence-corrected chi connectivity index (χ4v) is 4.95. The largest absolute Gasteiger partial charge is 0.497 e. The number of aromatic carboxylic acids is 1. The molecule has 0 fully saturated rings. The highest BCUT2D eigenvalue weighted by Crippen LogP contribution is 2.25. The fraction of sp³-hybridized carbons (Fsp3) is 0.179. The van der Waals surface area contributed by atoms with Crippen LogP contribution in [-0.4, -0.2) is 62.4 Å². The average molecular weight is 701 g/mol. The molecule has 0 saturated carbocycles. The van der Waals surface area contributed by atoms with Gasteiger partial charge < -0.3 is 19.0 Å². The van der Waals surface area contributed by atoms with Gasteiger partial charge in [-0.3, -0.25) is 9.59 Å². The number of carboxylic acid groups (broad SMARTS) is 1. The Bertz CT molecular complexity index is 2140. The topological polar surface area (TPSA) is 171 Å². The number of oxazole rings is 1. The Balaban J connectivity index is 0.000000212. The average Bonchev–Trinajstić information content (AvgIpc) is 3.75. The third-order valence-electron chi connectivity index (χ3n) is 7.59. The summed E-state index contributed by atoms with van der Waals surface area (Å²) in [6.45, 7) is 5.48. The Morgan fingerprint density at radius 3 is 2.06 bits per heavy atom. The maximum atomic E-state index is 12.4. The number of carbonyl (C=O) groups is 3. The molecular weight excluding hydrogens is 664 g/mol. The number of ketones is 2. The number of methoxy groups -OCH3 is 1. The van der Waals surface area contributed by atoms with E-state index in [1.807, 2.05) is 62.4 Å². The lowest BCUT2D eigenvalue weighted by Gasteiger charge is -2.07. The van der Waals surface area contributed by atoms with E-state index in [1.165, 1.54) is 11.7 Å². The first-order chi connectivity index (χ1) is 25.1. The summed E-state index contributed by atoms with van der Waals surface area (Å²) in [7, 11) is 1.54. The number of para-hydroxylation sites is 1. The third-order valence-corrected chi connectivity index (χ3v) is 7.59. The molecule has 13 nitrogen and oxygen atoms in total. The number of Topliss-reactive ketones (excluding diaryl/α,β-unsaturated/α-hetero) is 2. The van der Waals surface area contributed by atoms with Gasteiger partial charge in [-0.1, -0.05) is 36.4 Å². The molecule has 4 aromatic carbocycles. The molecule has 52 heavy (non-hydrogen) atoms. The lowest BCUT2D eigenvalue weighted by molar-refractivity contribution is -0.117. The molecule has 1 unspecified atom stereocenters. The van der Waals surface area contributed by atoms with Crippen molar-refractivity contribution in [3.05, 3.63) is 138 Å². The number of benzene rings is 4. The Labute approximate surface area is 299 Å². The molecular formula is C39H36N6O7. The van der Waals surface area contributed by atoms with Crippen LogP contribution >= 0.6 is 0 Å². The van der Waals surface area contributed by atoms with E-state index in [-0.39, 0.29) is 17.3 Å². The van der Waals surface area contributed by atoms with Gasteiger partial charge in [-0.25, -0.2) is 9.78 Å². The molecule has 0 aliphatic rings. The summed E-state index contributed by atoms with van der Waals surface area (Å²) in [6, 6.07) is 30.7. The van der Waals surface area contributed by atoms with Gasteiger partial charge in [-0.15, -0.1) is 10.2 Å². The van der Waals surface area contributed by atoms with Crippen LogP contribution in [0, 0.1) is 13.8 Å². The monoisotopic (exact) mass is 700 g/mol. The van der Waals surface area contributed by atoms with Crippen LogP contribution in [0.25, 0.3) is 16.9 Å². The number of nitrogens with zero attached hydrogens (tertiary/aromatic N) is 6. The number of aryl methyl sites for hydroxylation is 2. The molecule has 0 bridgehead atoms. The lowest BCUT2D eigenvalue weighted by Crippen LogP contribution is -2.26. The second-order valence-corrected chi connectivity index (χ2v) is 11.3. The number of hydrogen-bond acceptors (Lipinski definition) is 11. The molecule has 264 valence electrons. The number of aromatic nitrogens is 4. The Hall–Kier alpha value is -6.76. The quantitative estimate of drug-likeness (QED) is 0.0723. The standard InChI is InChI=1S/C22H20N4O4.C17H16N2O3/c1-14-19(23-15(2)30-14)12-13-29-18-10-8-16(9-11-18)20-21(22(27)28)25-26(24-20)17-6-4-3-5-7-17;1-12(20)16(19-18-14-6-4-3-5-7-14)17(21)13-8-10-15(22-2)11-9-13/h3-11H,12-13H2,1-2H3,(H,27,28);3-11,16H,1-2H3. The predicted octanol–water partition coefficient (Wildman–Crippen LogP) is 7.48. The summed E-state index contributed by atoms with van der Waals surface area (Å²) >= 11 is 0. The third kappa shape index (κ3) is 9.47. The van der Waals surface area contributed by atoms with Crippen LogP contribution in [0.2, 0.25) is 0 Å². The Morgan fingerprint density at radius 2 is 1.48 bits per heavy atom. The van der Waals surface area contributed by atoms with E-state index in [9.17, 15) is 19.5 Å². The van der Waals surface area contributed by atoms with Crippen molar-refractivity contribution in [3.63, 3.8) is 0 Å². The number of hydrogen-bond donors (Lipinski definition) is 1. The fourth-order valence-electron chi connectivity index (χ4n) is 4.95. The first kappa shape index (κ1) is 36.5. The van der Waals surface area contributed by atoms with Crippen LogP contribution < -0.4 is 9.47 Å². The highest BCUT2D eigenvalue weighted by molar-refractivity contribution is 6.13. The van der Waals surface area contributed by atoms with Gasteiger partial charge in [0.05, 0.1) is 30.8 Å². The smallest absolute Gasteiger partial charge is 0.358 e. The zero-order valence-corrected chi connectivity index (χ0v) is 29.0. The van der Waals surface area contributed by atoms with Gasteiger partial charge >= 0.3 is 5.97 Å². The Kier molecular flexibility index (Phi) is 12.1. The van der Waals surface area contributed by atoms with E-state index in [4.69, 9.17) is 13.9 Å². The molecule has 0 aliphatic carbocycles. The van der Waals surface area contributed by atoms with Crippen molar-refractivity contribution < 1.29 is 33.4 Å². The Morgan fingerprint density at radius 1 is 0.846 bits per heavy atom. The normalized spacial score (nSPS) is 11.4. The molecule has 0 aliphatic heterocycles. The lowest BCUT2D eigenvalue weighted by atomic mass is 10.0. The number of azo groups is 1. The molecule has 1 atom stereocenters. The SMILES string of the molecule is COc1ccc(C(=O)C(N=Nc2ccccc2)C(C)=O)cc1.Cc1nc(CCOc2ccc(-c3nn(-c4ccccc4)nc3C(=O)O)cc2)c(C)o1. The van der Waals surface area contributed by atoms with Crippen molar-refractivity contribution in [2.24, 2.45) is 10.2 Å².